The van der Waals surface area contributed by atoms with Gasteiger partial charge < -0.3 is 9.64 Å². The summed E-state index contributed by atoms with van der Waals surface area (Å²) in [6.07, 6.45) is 0.916. The van der Waals surface area contributed by atoms with Gasteiger partial charge in [0.1, 0.15) is 6.61 Å². The minimum atomic E-state index is -3.54. The second kappa shape index (κ2) is 4.72. The highest BCUT2D eigenvalue weighted by Crippen LogP contribution is 1.98. The number of amides is 1. The summed E-state index contributed by atoms with van der Waals surface area (Å²) in [5.74, 6) is -0.321. The Morgan fingerprint density at radius 3 is 2.50 bits per heavy atom. The molecule has 0 spiro atoms. The van der Waals surface area contributed by atoms with Crippen LogP contribution in [0.25, 0.3) is 0 Å². The van der Waals surface area contributed by atoms with Crippen LogP contribution in [0.1, 0.15) is 0 Å². The molecule has 0 bridgehead atoms. The van der Waals surface area contributed by atoms with Crippen LogP contribution in [0.4, 0.5) is 0 Å². The van der Waals surface area contributed by atoms with Gasteiger partial charge in [-0.1, -0.05) is 0 Å². The highest BCUT2D eigenvalue weighted by molar-refractivity contribution is 7.86. The van der Waals surface area contributed by atoms with E-state index in [1.165, 1.54) is 4.90 Å². The second-order valence-electron chi connectivity index (χ2n) is 2.96. The highest BCUT2D eigenvalue weighted by Gasteiger charge is 2.18. The number of morpholine rings is 1. The first-order valence-corrected chi connectivity index (χ1v) is 6.00. The van der Waals surface area contributed by atoms with Gasteiger partial charge in [0.2, 0.25) is 5.91 Å². The third kappa shape index (κ3) is 4.03. The van der Waals surface area contributed by atoms with Gasteiger partial charge in [0.15, 0.2) is 0 Å². The quantitative estimate of drug-likeness (QED) is 0.563. The van der Waals surface area contributed by atoms with Crippen LogP contribution in [0.5, 0.6) is 0 Å². The van der Waals surface area contributed by atoms with Gasteiger partial charge in [-0.3, -0.25) is 8.98 Å². The molecule has 0 unspecified atom stereocenters. The fraction of sp³-hybridized carbons (Fsp3) is 0.857. The fourth-order valence-electron chi connectivity index (χ4n) is 1.06. The zero-order valence-electron chi connectivity index (χ0n) is 7.93. The Hall–Kier alpha value is -0.660. The third-order valence-electron chi connectivity index (χ3n) is 1.76. The maximum absolute atomic E-state index is 11.3. The van der Waals surface area contributed by atoms with Gasteiger partial charge in [-0.2, -0.15) is 8.42 Å². The van der Waals surface area contributed by atoms with Crippen LogP contribution >= 0.6 is 0 Å². The van der Waals surface area contributed by atoms with E-state index in [9.17, 15) is 13.2 Å². The zero-order chi connectivity index (χ0) is 10.6. The van der Waals surface area contributed by atoms with Crippen molar-refractivity contribution in [1.82, 2.24) is 4.90 Å². The number of hydrogen-bond donors (Lipinski definition) is 0. The Labute approximate surface area is 82.9 Å². The first-order valence-electron chi connectivity index (χ1n) is 4.19. The molecule has 0 aliphatic carbocycles. The number of carbonyl (C=O) groups is 1. The van der Waals surface area contributed by atoms with Crippen molar-refractivity contribution in [3.63, 3.8) is 0 Å². The molecule has 0 N–H and O–H groups in total. The molecule has 1 saturated heterocycles. The lowest BCUT2D eigenvalue weighted by Crippen LogP contribution is -2.42. The van der Waals surface area contributed by atoms with Gasteiger partial charge in [-0.05, 0) is 0 Å². The Morgan fingerprint density at radius 2 is 2.00 bits per heavy atom. The Balaban J connectivity index is 2.34. The third-order valence-corrected chi connectivity index (χ3v) is 2.31. The van der Waals surface area contributed by atoms with E-state index in [0.717, 1.165) is 6.26 Å². The molecule has 1 rings (SSSR count). The molecular formula is C7H13NO5S. The van der Waals surface area contributed by atoms with E-state index >= 15 is 0 Å². The maximum atomic E-state index is 11.3. The topological polar surface area (TPSA) is 72.9 Å². The average Bonchev–Trinajstić information content (AvgIpc) is 2.14. The molecule has 0 aromatic rings. The molecule has 6 nitrogen and oxygen atoms in total. The van der Waals surface area contributed by atoms with E-state index in [-0.39, 0.29) is 5.91 Å². The molecule has 1 aliphatic rings. The van der Waals surface area contributed by atoms with Crippen molar-refractivity contribution in [3.8, 4) is 0 Å². The van der Waals surface area contributed by atoms with Crippen LogP contribution < -0.4 is 0 Å². The molecule has 0 radical (unpaired) electrons. The van der Waals surface area contributed by atoms with Crippen molar-refractivity contribution in [2.75, 3.05) is 39.2 Å². The molecule has 1 fully saturated rings. The monoisotopic (exact) mass is 223 g/mol. The van der Waals surface area contributed by atoms with Crippen LogP contribution in [-0.2, 0) is 23.8 Å². The zero-order valence-corrected chi connectivity index (χ0v) is 8.75. The Kier molecular flexibility index (Phi) is 3.85. The summed E-state index contributed by atoms with van der Waals surface area (Å²) < 4.78 is 30.6. The predicted octanol–water partition coefficient (Wildman–Crippen LogP) is -1.18. The summed E-state index contributed by atoms with van der Waals surface area (Å²) in [6.45, 7) is 1.55. The smallest absolute Gasteiger partial charge is 0.264 e. The van der Waals surface area contributed by atoms with E-state index < -0.39 is 16.7 Å². The predicted molar refractivity (Wildman–Crippen MR) is 48.2 cm³/mol. The van der Waals surface area contributed by atoms with E-state index in [0.29, 0.717) is 26.3 Å². The normalized spacial score (nSPS) is 18.2. The molecule has 0 atom stereocenters. The summed E-state index contributed by atoms with van der Waals surface area (Å²) in [6, 6.07) is 0. The van der Waals surface area contributed by atoms with Crippen molar-refractivity contribution >= 4 is 16.0 Å². The van der Waals surface area contributed by atoms with Gasteiger partial charge in [0, 0.05) is 13.1 Å². The lowest BCUT2D eigenvalue weighted by molar-refractivity contribution is -0.137. The van der Waals surface area contributed by atoms with Gasteiger partial charge in [0.05, 0.1) is 19.5 Å². The van der Waals surface area contributed by atoms with Crippen LogP contribution in [0, 0.1) is 0 Å². The molecule has 82 valence electrons. The van der Waals surface area contributed by atoms with Crippen LogP contribution in [-0.4, -0.2) is 58.4 Å². The minimum Gasteiger partial charge on any atom is -0.378 e. The summed E-state index contributed by atoms with van der Waals surface area (Å²) in [5, 5.41) is 0. The molecule has 1 heterocycles. The van der Waals surface area contributed by atoms with Crippen molar-refractivity contribution in [3.05, 3.63) is 0 Å². The van der Waals surface area contributed by atoms with Crippen LogP contribution in [0.15, 0.2) is 0 Å². The number of rotatable bonds is 3. The first kappa shape index (κ1) is 11.4. The summed E-state index contributed by atoms with van der Waals surface area (Å²) in [5.41, 5.74) is 0. The number of hydrogen-bond acceptors (Lipinski definition) is 5. The number of carbonyl (C=O) groups excluding carboxylic acids is 1. The maximum Gasteiger partial charge on any atom is 0.264 e. The fourth-order valence-corrected chi connectivity index (χ4v) is 1.38. The van der Waals surface area contributed by atoms with E-state index in [4.69, 9.17) is 4.74 Å². The lowest BCUT2D eigenvalue weighted by atomic mass is 10.4. The summed E-state index contributed by atoms with van der Waals surface area (Å²) in [7, 11) is -3.54. The molecule has 0 saturated carbocycles. The van der Waals surface area contributed by atoms with Gasteiger partial charge in [0.25, 0.3) is 10.1 Å². The van der Waals surface area contributed by atoms with Crippen molar-refractivity contribution in [2.24, 2.45) is 0 Å². The standard InChI is InChI=1S/C7H13NO5S/c1-14(10,11)13-6-7(9)8-2-4-12-5-3-8/h2-6H2,1H3. The van der Waals surface area contributed by atoms with Gasteiger partial charge >= 0.3 is 0 Å². The number of nitrogens with zero attached hydrogens (tertiary/aromatic N) is 1. The highest BCUT2D eigenvalue weighted by atomic mass is 32.2. The molecule has 14 heavy (non-hydrogen) atoms. The van der Waals surface area contributed by atoms with E-state index in [1.807, 2.05) is 0 Å². The first-order chi connectivity index (χ1) is 6.49. The largest absolute Gasteiger partial charge is 0.378 e. The van der Waals surface area contributed by atoms with Gasteiger partial charge in [-0.25, -0.2) is 0 Å². The van der Waals surface area contributed by atoms with Gasteiger partial charge in [-0.15, -0.1) is 0 Å². The van der Waals surface area contributed by atoms with Crippen molar-refractivity contribution in [1.29, 1.82) is 0 Å². The molecular weight excluding hydrogens is 210 g/mol. The van der Waals surface area contributed by atoms with E-state index in [1.54, 1.807) is 0 Å². The molecule has 1 aliphatic heterocycles. The van der Waals surface area contributed by atoms with Crippen molar-refractivity contribution < 1.29 is 22.1 Å². The minimum absolute atomic E-state index is 0.321. The van der Waals surface area contributed by atoms with Crippen molar-refractivity contribution in [2.45, 2.75) is 0 Å². The van der Waals surface area contributed by atoms with E-state index in [2.05, 4.69) is 4.18 Å². The average molecular weight is 223 g/mol. The van der Waals surface area contributed by atoms with Crippen LogP contribution in [0.3, 0.4) is 0 Å². The molecule has 7 heteroatoms. The Bertz CT molecular complexity index is 293. The molecule has 0 aromatic heterocycles. The molecule has 1 amide bonds. The Morgan fingerprint density at radius 1 is 1.43 bits per heavy atom. The van der Waals surface area contributed by atoms with Crippen LogP contribution in [0.2, 0.25) is 0 Å². The lowest BCUT2D eigenvalue weighted by Gasteiger charge is -2.26. The number of ether oxygens (including phenoxy) is 1. The second-order valence-corrected chi connectivity index (χ2v) is 4.60. The molecule has 0 aromatic carbocycles. The SMILES string of the molecule is CS(=O)(=O)OCC(=O)N1CCOCC1. The summed E-state index contributed by atoms with van der Waals surface area (Å²) in [4.78, 5) is 12.8. The summed E-state index contributed by atoms with van der Waals surface area (Å²) >= 11 is 0.